The van der Waals surface area contributed by atoms with Gasteiger partial charge in [-0.2, -0.15) is 0 Å². The molecule has 33 heavy (non-hydrogen) atoms. The summed E-state index contributed by atoms with van der Waals surface area (Å²) in [4.78, 5) is 15.6. The van der Waals surface area contributed by atoms with E-state index in [1.54, 1.807) is 6.07 Å². The smallest absolute Gasteiger partial charge is 0.354 e. The van der Waals surface area contributed by atoms with Crippen LogP contribution in [0.15, 0.2) is 78.9 Å². The Kier molecular flexibility index (Phi) is 6.84. The van der Waals surface area contributed by atoms with Crippen LogP contribution in [0.1, 0.15) is 32.9 Å². The van der Waals surface area contributed by atoms with Gasteiger partial charge in [0.15, 0.2) is 5.60 Å². The molecule has 0 aliphatic heterocycles. The maximum Gasteiger partial charge on any atom is 0.354 e. The van der Waals surface area contributed by atoms with Gasteiger partial charge in [-0.05, 0) is 22.8 Å². The van der Waals surface area contributed by atoms with E-state index < -0.39 is 11.6 Å². The molecule has 0 saturated heterocycles. The monoisotopic (exact) mass is 441 g/mol. The largest absolute Gasteiger partial charge is 0.487 e. The van der Waals surface area contributed by atoms with Crippen LogP contribution < -0.4 is 0 Å². The lowest BCUT2D eigenvalue weighted by atomic mass is 9.87. The molecule has 1 atom stereocenters. The lowest BCUT2D eigenvalue weighted by molar-refractivity contribution is 0.0690. The molecule has 0 bridgehead atoms. The summed E-state index contributed by atoms with van der Waals surface area (Å²) in [6, 6.07) is 22.4. The lowest BCUT2D eigenvalue weighted by Gasteiger charge is -2.27. The number of fused-ring (bicyclic) bond motifs is 1. The van der Waals surface area contributed by atoms with Gasteiger partial charge in [0.1, 0.15) is 30.4 Å². The number of carboxylic acids is 1. The molecular formula is C27H23NO5. The molecule has 1 aromatic heterocycles. The van der Waals surface area contributed by atoms with Gasteiger partial charge in [0, 0.05) is 12.5 Å². The fourth-order valence-electron chi connectivity index (χ4n) is 3.50. The summed E-state index contributed by atoms with van der Waals surface area (Å²) in [6.45, 7) is 0.836. The molecule has 6 nitrogen and oxygen atoms in total. The van der Waals surface area contributed by atoms with Crippen LogP contribution in [-0.2, 0) is 29.1 Å². The lowest BCUT2D eigenvalue weighted by Crippen LogP contribution is -2.32. The Morgan fingerprint density at radius 2 is 1.64 bits per heavy atom. The summed E-state index contributed by atoms with van der Waals surface area (Å²) < 4.78 is 11.5. The normalized spacial score (nSPS) is 16.7. The van der Waals surface area contributed by atoms with Crippen molar-refractivity contribution in [2.24, 2.45) is 0 Å². The summed E-state index contributed by atoms with van der Waals surface area (Å²) in [7, 11) is 0. The van der Waals surface area contributed by atoms with E-state index >= 15 is 0 Å². The first-order valence-electron chi connectivity index (χ1n) is 10.5. The van der Waals surface area contributed by atoms with Crippen molar-refractivity contribution in [1.29, 1.82) is 0 Å². The van der Waals surface area contributed by atoms with Crippen molar-refractivity contribution in [2.45, 2.75) is 25.2 Å². The number of hydrogen-bond donors (Lipinski definition) is 2. The van der Waals surface area contributed by atoms with E-state index in [0.717, 1.165) is 11.1 Å². The molecule has 0 spiro atoms. The predicted octanol–water partition coefficient (Wildman–Crippen LogP) is 3.84. The topological polar surface area (TPSA) is 88.9 Å². The number of hydrogen-bond acceptors (Lipinski definition) is 5. The SMILES string of the molecule is O=C(O)c1ccc2c(n1)C(OCc1ccccc1)=CC(O)(C#CCOCc1ccccc1)C2. The van der Waals surface area contributed by atoms with Gasteiger partial charge in [-0.1, -0.05) is 78.6 Å². The number of ether oxygens (including phenoxy) is 2. The summed E-state index contributed by atoms with van der Waals surface area (Å²) in [5, 5.41) is 20.5. The van der Waals surface area contributed by atoms with Crippen molar-refractivity contribution >= 4 is 11.7 Å². The second-order valence-electron chi connectivity index (χ2n) is 7.67. The highest BCUT2D eigenvalue weighted by atomic mass is 16.5. The molecular weight excluding hydrogens is 418 g/mol. The van der Waals surface area contributed by atoms with Crippen LogP contribution in [0.25, 0.3) is 5.76 Å². The molecule has 2 N–H and O–H groups in total. The molecule has 3 aromatic rings. The molecule has 1 unspecified atom stereocenters. The number of aromatic nitrogens is 1. The molecule has 1 aliphatic carbocycles. The fourth-order valence-corrected chi connectivity index (χ4v) is 3.50. The average molecular weight is 441 g/mol. The molecule has 0 fully saturated rings. The summed E-state index contributed by atoms with van der Waals surface area (Å²) in [5.41, 5.74) is 1.46. The van der Waals surface area contributed by atoms with E-state index in [-0.39, 0.29) is 25.3 Å². The van der Waals surface area contributed by atoms with Gasteiger partial charge in [-0.3, -0.25) is 0 Å². The zero-order valence-corrected chi connectivity index (χ0v) is 17.9. The second-order valence-corrected chi connectivity index (χ2v) is 7.67. The molecule has 1 heterocycles. The number of carboxylic acid groups (broad SMARTS) is 1. The van der Waals surface area contributed by atoms with E-state index in [2.05, 4.69) is 16.8 Å². The van der Waals surface area contributed by atoms with Gasteiger partial charge in [-0.25, -0.2) is 9.78 Å². The van der Waals surface area contributed by atoms with E-state index in [9.17, 15) is 15.0 Å². The number of pyridine rings is 1. The maximum atomic E-state index is 11.4. The highest BCUT2D eigenvalue weighted by molar-refractivity contribution is 5.86. The first kappa shape index (κ1) is 22.3. The summed E-state index contributed by atoms with van der Waals surface area (Å²) >= 11 is 0. The fraction of sp³-hybridized carbons (Fsp3) is 0.185. The minimum absolute atomic E-state index is 0.0891. The van der Waals surface area contributed by atoms with Gasteiger partial charge in [0.2, 0.25) is 0 Å². The number of aliphatic hydroxyl groups is 1. The molecule has 0 radical (unpaired) electrons. The van der Waals surface area contributed by atoms with Crippen molar-refractivity contribution in [3.63, 3.8) is 0 Å². The van der Waals surface area contributed by atoms with Gasteiger partial charge in [0.05, 0.1) is 6.61 Å². The second kappa shape index (κ2) is 10.1. The van der Waals surface area contributed by atoms with Crippen LogP contribution in [0, 0.1) is 11.8 Å². The highest BCUT2D eigenvalue weighted by Crippen LogP contribution is 2.32. The van der Waals surface area contributed by atoms with Crippen molar-refractivity contribution in [3.8, 4) is 11.8 Å². The zero-order chi connectivity index (χ0) is 23.1. The Balaban J connectivity index is 1.53. The third-order valence-electron chi connectivity index (χ3n) is 5.09. The Labute approximate surface area is 192 Å². The van der Waals surface area contributed by atoms with Gasteiger partial charge in [-0.15, -0.1) is 0 Å². The zero-order valence-electron chi connectivity index (χ0n) is 17.9. The molecule has 6 heteroatoms. The van der Waals surface area contributed by atoms with Crippen molar-refractivity contribution in [2.75, 3.05) is 6.61 Å². The molecule has 166 valence electrons. The Morgan fingerprint density at radius 1 is 0.970 bits per heavy atom. The minimum atomic E-state index is -1.48. The third-order valence-corrected chi connectivity index (χ3v) is 5.09. The Hall–Kier alpha value is -3.92. The van der Waals surface area contributed by atoms with Crippen molar-refractivity contribution in [1.82, 2.24) is 4.98 Å². The van der Waals surface area contributed by atoms with Crippen molar-refractivity contribution in [3.05, 3.63) is 107 Å². The maximum absolute atomic E-state index is 11.4. The molecule has 0 amide bonds. The number of benzene rings is 2. The predicted molar refractivity (Wildman–Crippen MR) is 123 cm³/mol. The van der Waals surface area contributed by atoms with Crippen LogP contribution in [-0.4, -0.2) is 33.4 Å². The third kappa shape index (κ3) is 5.86. The van der Waals surface area contributed by atoms with Crippen LogP contribution in [0.5, 0.6) is 0 Å². The van der Waals surface area contributed by atoms with E-state index in [1.165, 1.54) is 12.1 Å². The first-order valence-corrected chi connectivity index (χ1v) is 10.5. The van der Waals surface area contributed by atoms with Gasteiger partial charge < -0.3 is 19.7 Å². The van der Waals surface area contributed by atoms with Crippen molar-refractivity contribution < 1.29 is 24.5 Å². The Bertz CT molecular complexity index is 1210. The number of aromatic carboxylic acids is 1. The van der Waals surface area contributed by atoms with E-state index in [1.807, 2.05) is 60.7 Å². The standard InChI is InChI=1S/C27H23NO5/c29-26(30)23-13-12-22-16-27(31,14-7-15-32-18-20-8-3-1-4-9-20)17-24(25(22)28-23)33-19-21-10-5-2-6-11-21/h1-6,8-13,17,31H,15-16,18-19H2,(H,29,30). The summed E-state index contributed by atoms with van der Waals surface area (Å²) in [6.07, 6.45) is 1.67. The van der Waals surface area contributed by atoms with Crippen LogP contribution in [0.4, 0.5) is 0 Å². The van der Waals surface area contributed by atoms with Gasteiger partial charge in [0.25, 0.3) is 0 Å². The first-order chi connectivity index (χ1) is 16.0. The molecule has 2 aromatic carbocycles. The van der Waals surface area contributed by atoms with Crippen LogP contribution in [0.2, 0.25) is 0 Å². The summed E-state index contributed by atoms with van der Waals surface area (Å²) in [5.74, 6) is 4.92. The van der Waals surface area contributed by atoms with E-state index in [0.29, 0.717) is 23.6 Å². The van der Waals surface area contributed by atoms with E-state index in [4.69, 9.17) is 9.47 Å². The molecule has 4 rings (SSSR count). The Morgan fingerprint density at radius 3 is 2.30 bits per heavy atom. The average Bonchev–Trinajstić information content (AvgIpc) is 2.83. The minimum Gasteiger partial charge on any atom is -0.487 e. The number of nitrogens with zero attached hydrogens (tertiary/aromatic N) is 1. The van der Waals surface area contributed by atoms with Gasteiger partial charge >= 0.3 is 5.97 Å². The molecule has 0 saturated carbocycles. The van der Waals surface area contributed by atoms with Crippen LogP contribution in [0.3, 0.4) is 0 Å². The quantitative estimate of drug-likeness (QED) is 0.428. The number of carbonyl (C=O) groups is 1. The number of rotatable bonds is 7. The van der Waals surface area contributed by atoms with Crippen LogP contribution >= 0.6 is 0 Å². The highest BCUT2D eigenvalue weighted by Gasteiger charge is 2.32. The molecule has 1 aliphatic rings.